The van der Waals surface area contributed by atoms with Gasteiger partial charge < -0.3 is 14.9 Å². The van der Waals surface area contributed by atoms with Gasteiger partial charge in [0.1, 0.15) is 11.9 Å². The molecule has 0 saturated carbocycles. The molecule has 0 aromatic carbocycles. The van der Waals surface area contributed by atoms with E-state index >= 15 is 0 Å². The molecule has 1 aliphatic carbocycles. The van der Waals surface area contributed by atoms with E-state index < -0.39 is 18.2 Å². The van der Waals surface area contributed by atoms with Crippen LogP contribution in [-0.2, 0) is 9.53 Å². The Kier molecular flexibility index (Phi) is 3.64. The van der Waals surface area contributed by atoms with Crippen molar-refractivity contribution < 1.29 is 19.7 Å². The third kappa shape index (κ3) is 2.28. The normalized spacial score (nSPS) is 30.8. The number of rotatable bonds is 3. The number of carbonyl (C=O) groups excluding carboxylic acids is 1. The molecular weight excluding hydrogens is 220 g/mol. The lowest BCUT2D eigenvalue weighted by Crippen LogP contribution is -2.33. The number of ether oxygens (including phenoxy) is 1. The van der Waals surface area contributed by atoms with Crippen LogP contribution in [0.25, 0.3) is 0 Å². The Morgan fingerprint density at radius 1 is 1.47 bits per heavy atom. The molecule has 4 nitrogen and oxygen atoms in total. The first-order valence-corrected chi connectivity index (χ1v) is 6.17. The van der Waals surface area contributed by atoms with Gasteiger partial charge in [-0.15, -0.1) is 0 Å². The molecule has 0 spiro atoms. The second kappa shape index (κ2) is 5.02. The zero-order valence-electron chi connectivity index (χ0n) is 9.98. The predicted octanol–water partition coefficient (Wildman–Crippen LogP) is 1.43. The van der Waals surface area contributed by atoms with Crippen LogP contribution in [0.4, 0.5) is 0 Å². The van der Waals surface area contributed by atoms with Crippen LogP contribution >= 0.6 is 0 Å². The summed E-state index contributed by atoms with van der Waals surface area (Å²) in [5.41, 5.74) is 1.04. The first-order valence-electron chi connectivity index (χ1n) is 6.17. The molecule has 0 bridgehead atoms. The van der Waals surface area contributed by atoms with Crippen molar-refractivity contribution in [3.8, 4) is 0 Å². The maximum atomic E-state index is 11.6. The Hall–Kier alpha value is -1.13. The van der Waals surface area contributed by atoms with Gasteiger partial charge in [0.05, 0.1) is 11.7 Å². The van der Waals surface area contributed by atoms with Crippen molar-refractivity contribution in [2.24, 2.45) is 0 Å². The number of hydrogen-bond donors (Lipinski definition) is 2. The van der Waals surface area contributed by atoms with Crippen molar-refractivity contribution in [3.05, 3.63) is 23.0 Å². The van der Waals surface area contributed by atoms with Gasteiger partial charge >= 0.3 is 5.97 Å². The summed E-state index contributed by atoms with van der Waals surface area (Å²) in [6.07, 6.45) is 4.04. The van der Waals surface area contributed by atoms with Crippen molar-refractivity contribution in [1.82, 2.24) is 0 Å². The zero-order chi connectivity index (χ0) is 12.4. The van der Waals surface area contributed by atoms with Gasteiger partial charge in [-0.05, 0) is 31.8 Å². The van der Waals surface area contributed by atoms with E-state index in [2.05, 4.69) is 6.92 Å². The molecule has 0 fully saturated rings. The topological polar surface area (TPSA) is 66.8 Å². The number of aliphatic hydroxyl groups excluding tert-OH is 2. The molecule has 1 heterocycles. The van der Waals surface area contributed by atoms with Gasteiger partial charge in [-0.25, -0.2) is 4.79 Å². The van der Waals surface area contributed by atoms with Crippen LogP contribution in [0.15, 0.2) is 23.0 Å². The molecule has 0 aromatic rings. The van der Waals surface area contributed by atoms with Gasteiger partial charge in [0.15, 0.2) is 0 Å². The van der Waals surface area contributed by atoms with Crippen molar-refractivity contribution in [2.75, 3.05) is 0 Å². The Bertz CT molecular complexity index is 381. The van der Waals surface area contributed by atoms with Crippen molar-refractivity contribution in [2.45, 2.75) is 51.2 Å². The predicted molar refractivity (Wildman–Crippen MR) is 62.0 cm³/mol. The van der Waals surface area contributed by atoms with Gasteiger partial charge in [-0.3, -0.25) is 0 Å². The van der Waals surface area contributed by atoms with Crippen LogP contribution in [0.1, 0.15) is 39.0 Å². The highest BCUT2D eigenvalue weighted by Crippen LogP contribution is 2.37. The molecule has 4 heteroatoms. The summed E-state index contributed by atoms with van der Waals surface area (Å²) in [5.74, 6) is 0.0819. The van der Waals surface area contributed by atoms with Gasteiger partial charge in [0.25, 0.3) is 0 Å². The van der Waals surface area contributed by atoms with E-state index in [-0.39, 0.29) is 5.57 Å². The quantitative estimate of drug-likeness (QED) is 0.576. The third-order valence-corrected chi connectivity index (χ3v) is 3.28. The van der Waals surface area contributed by atoms with Gasteiger partial charge in [-0.1, -0.05) is 13.3 Å². The van der Waals surface area contributed by atoms with Gasteiger partial charge in [-0.2, -0.15) is 0 Å². The van der Waals surface area contributed by atoms with E-state index in [1.807, 2.05) is 6.08 Å². The fourth-order valence-electron chi connectivity index (χ4n) is 2.27. The average Bonchev–Trinajstić information content (AvgIpc) is 2.62. The summed E-state index contributed by atoms with van der Waals surface area (Å²) in [6, 6.07) is 0. The molecule has 94 valence electrons. The first-order chi connectivity index (χ1) is 8.15. The molecule has 0 radical (unpaired) electrons. The molecule has 1 aliphatic heterocycles. The smallest absolute Gasteiger partial charge is 0.342 e. The molecule has 0 aromatic heterocycles. The standard InChI is InChI=1S/C13H18O4/c1-2-3-4-5-10-8-6-7-9(14)12(15)11(8)13(16)17-10/h5,9,12,14-15H,2-4,6-7H2,1H3/b10-5-/t9-,12-/m0/s1. The minimum absolute atomic E-state index is 0.256. The SMILES string of the molecule is CCCC/C=C1\OC(=O)C2=C1CC[C@H](O)[C@@H]2O. The monoisotopic (exact) mass is 238 g/mol. The summed E-state index contributed by atoms with van der Waals surface area (Å²) in [4.78, 5) is 11.6. The number of unbranched alkanes of at least 4 members (excludes halogenated alkanes) is 2. The zero-order valence-corrected chi connectivity index (χ0v) is 9.98. The number of hydrogen-bond acceptors (Lipinski definition) is 4. The van der Waals surface area contributed by atoms with E-state index in [4.69, 9.17) is 4.74 Å². The molecule has 2 N–H and O–H groups in total. The van der Waals surface area contributed by atoms with Gasteiger partial charge in [0, 0.05) is 5.57 Å². The molecule has 17 heavy (non-hydrogen) atoms. The van der Waals surface area contributed by atoms with E-state index in [1.165, 1.54) is 0 Å². The molecular formula is C13H18O4. The maximum absolute atomic E-state index is 11.6. The van der Waals surface area contributed by atoms with Gasteiger partial charge in [0.2, 0.25) is 0 Å². The minimum Gasteiger partial charge on any atom is -0.423 e. The van der Waals surface area contributed by atoms with Crippen LogP contribution in [-0.4, -0.2) is 28.4 Å². The minimum atomic E-state index is -1.09. The molecule has 0 saturated heterocycles. The summed E-state index contributed by atoms with van der Waals surface area (Å²) in [7, 11) is 0. The van der Waals surface area contributed by atoms with Crippen LogP contribution in [0.5, 0.6) is 0 Å². The number of esters is 1. The molecule has 0 unspecified atom stereocenters. The van der Waals surface area contributed by atoms with Crippen LogP contribution in [0.2, 0.25) is 0 Å². The molecule has 2 atom stereocenters. The van der Waals surface area contributed by atoms with E-state index in [1.54, 1.807) is 0 Å². The summed E-state index contributed by atoms with van der Waals surface area (Å²) in [5, 5.41) is 19.3. The Labute approximate surface area is 101 Å². The molecule has 2 rings (SSSR count). The van der Waals surface area contributed by atoms with Crippen molar-refractivity contribution in [3.63, 3.8) is 0 Å². The summed E-state index contributed by atoms with van der Waals surface area (Å²) >= 11 is 0. The second-order valence-electron chi connectivity index (χ2n) is 4.54. The second-order valence-corrected chi connectivity index (χ2v) is 4.54. The van der Waals surface area contributed by atoms with Crippen molar-refractivity contribution in [1.29, 1.82) is 0 Å². The van der Waals surface area contributed by atoms with E-state index in [0.29, 0.717) is 18.6 Å². The largest absolute Gasteiger partial charge is 0.423 e. The Morgan fingerprint density at radius 3 is 2.94 bits per heavy atom. The number of aliphatic hydroxyl groups is 2. The third-order valence-electron chi connectivity index (χ3n) is 3.28. The molecule has 0 amide bonds. The Morgan fingerprint density at radius 2 is 2.24 bits per heavy atom. The highest BCUT2D eigenvalue weighted by molar-refractivity contribution is 5.96. The summed E-state index contributed by atoms with van der Waals surface area (Å²) in [6.45, 7) is 2.10. The van der Waals surface area contributed by atoms with E-state index in [9.17, 15) is 15.0 Å². The first kappa shape index (κ1) is 12.3. The average molecular weight is 238 g/mol. The number of carbonyl (C=O) groups is 1. The maximum Gasteiger partial charge on any atom is 0.342 e. The number of allylic oxidation sites excluding steroid dienone is 2. The lowest BCUT2D eigenvalue weighted by molar-refractivity contribution is -0.135. The van der Waals surface area contributed by atoms with Crippen LogP contribution in [0, 0.1) is 0 Å². The Balaban J connectivity index is 2.21. The molecule has 2 aliphatic rings. The fourth-order valence-corrected chi connectivity index (χ4v) is 2.27. The van der Waals surface area contributed by atoms with Crippen LogP contribution in [0.3, 0.4) is 0 Å². The lowest BCUT2D eigenvalue weighted by atomic mass is 9.87. The summed E-state index contributed by atoms with van der Waals surface area (Å²) < 4.78 is 5.15. The fraction of sp³-hybridized carbons (Fsp3) is 0.615. The van der Waals surface area contributed by atoms with Crippen molar-refractivity contribution >= 4 is 5.97 Å². The number of cyclic esters (lactones) is 1. The van der Waals surface area contributed by atoms with Crippen LogP contribution < -0.4 is 0 Å². The highest BCUT2D eigenvalue weighted by atomic mass is 16.5. The van der Waals surface area contributed by atoms with E-state index in [0.717, 1.165) is 24.8 Å². The lowest BCUT2D eigenvalue weighted by Gasteiger charge is -2.22. The highest BCUT2D eigenvalue weighted by Gasteiger charge is 2.40.